The van der Waals surface area contributed by atoms with Gasteiger partial charge < -0.3 is 10.8 Å². The van der Waals surface area contributed by atoms with E-state index in [1.807, 2.05) is 13.8 Å². The Labute approximate surface area is 95.6 Å². The lowest BCUT2D eigenvalue weighted by atomic mass is 10.0. The van der Waals surface area contributed by atoms with Crippen molar-refractivity contribution in [2.75, 3.05) is 0 Å². The molecule has 17 heavy (non-hydrogen) atoms. The number of carboxylic acids is 1. The first-order chi connectivity index (χ1) is 7.52. The molecule has 0 saturated heterocycles. The first kappa shape index (κ1) is 18.0. The van der Waals surface area contributed by atoms with Crippen LogP contribution >= 0.6 is 0 Å². The number of aliphatic carboxylic acids is 1. The second-order valence-corrected chi connectivity index (χ2v) is 3.52. The van der Waals surface area contributed by atoms with Crippen molar-refractivity contribution in [2.45, 2.75) is 32.5 Å². The normalized spacial score (nSPS) is 12.5. The molecule has 102 valence electrons. The van der Waals surface area contributed by atoms with Gasteiger partial charge in [0.1, 0.15) is 0 Å². The fraction of sp³-hybridized carbons (Fsp3) is 0.750. The van der Waals surface area contributed by atoms with Crippen LogP contribution in [-0.4, -0.2) is 34.4 Å². The minimum Gasteiger partial charge on any atom is -0.475 e. The highest BCUT2D eigenvalue weighted by Crippen LogP contribution is 2.13. The van der Waals surface area contributed by atoms with Crippen LogP contribution in [0, 0.1) is 5.92 Å². The molecule has 0 heterocycles. The maximum atomic E-state index is 10.6. The van der Waals surface area contributed by atoms with Crippen LogP contribution in [0.15, 0.2) is 0 Å². The molecule has 0 bridgehead atoms. The Morgan fingerprint density at radius 1 is 1.35 bits per heavy atom. The molecule has 1 amide bonds. The summed E-state index contributed by atoms with van der Waals surface area (Å²) >= 11 is 0. The zero-order valence-electron chi connectivity index (χ0n) is 9.28. The lowest BCUT2D eigenvalue weighted by Crippen LogP contribution is -2.39. The van der Waals surface area contributed by atoms with Crippen molar-refractivity contribution in [2.24, 2.45) is 11.7 Å². The molecule has 0 spiro atoms. The predicted octanol–water partition coefficient (Wildman–Crippen LogP) is 0.499. The van der Waals surface area contributed by atoms with E-state index < -0.39 is 24.1 Å². The minimum atomic E-state index is -5.08. The van der Waals surface area contributed by atoms with Crippen molar-refractivity contribution in [3.63, 3.8) is 0 Å². The summed E-state index contributed by atoms with van der Waals surface area (Å²) in [5.41, 5.74) is 6.86. The number of rotatable bonds is 3. The quantitative estimate of drug-likeness (QED) is 0.436. The van der Waals surface area contributed by atoms with Crippen molar-refractivity contribution < 1.29 is 33.1 Å². The number of hydrogen-bond acceptors (Lipinski definition) is 4. The van der Waals surface area contributed by atoms with E-state index in [-0.39, 0.29) is 0 Å². The van der Waals surface area contributed by atoms with Crippen LogP contribution in [0.25, 0.3) is 0 Å². The number of nitrogens with two attached hydrogens (primary N) is 1. The molecular formula is C8H15F3N2O4. The lowest BCUT2D eigenvalue weighted by Gasteiger charge is -2.10. The number of carbonyl (C=O) groups excluding carboxylic acids is 1. The highest BCUT2D eigenvalue weighted by Gasteiger charge is 2.38. The Balaban J connectivity index is 0. The van der Waals surface area contributed by atoms with E-state index in [4.69, 9.17) is 20.8 Å². The van der Waals surface area contributed by atoms with Gasteiger partial charge in [0, 0.05) is 0 Å². The van der Waals surface area contributed by atoms with Gasteiger partial charge in [-0.2, -0.15) is 13.2 Å². The number of alkyl halides is 3. The fourth-order valence-electron chi connectivity index (χ4n) is 0.698. The monoisotopic (exact) mass is 260 g/mol. The van der Waals surface area contributed by atoms with Crippen LogP contribution in [0.2, 0.25) is 0 Å². The van der Waals surface area contributed by atoms with Gasteiger partial charge >= 0.3 is 12.1 Å². The van der Waals surface area contributed by atoms with Crippen molar-refractivity contribution >= 4 is 11.9 Å². The lowest BCUT2D eigenvalue weighted by molar-refractivity contribution is -0.192. The molecule has 0 aliphatic rings. The average molecular weight is 260 g/mol. The van der Waals surface area contributed by atoms with Gasteiger partial charge in [-0.25, -0.2) is 10.3 Å². The molecule has 0 aromatic carbocycles. The van der Waals surface area contributed by atoms with Gasteiger partial charge in [-0.15, -0.1) is 0 Å². The van der Waals surface area contributed by atoms with Crippen LogP contribution in [0.4, 0.5) is 13.2 Å². The Hall–Kier alpha value is -1.35. The van der Waals surface area contributed by atoms with Gasteiger partial charge in [-0.1, -0.05) is 13.8 Å². The number of hydrogen-bond donors (Lipinski definition) is 4. The summed E-state index contributed by atoms with van der Waals surface area (Å²) in [6.45, 7) is 3.93. The fourth-order valence-corrected chi connectivity index (χ4v) is 0.698. The summed E-state index contributed by atoms with van der Waals surface area (Å²) in [4.78, 5) is 19.5. The van der Waals surface area contributed by atoms with Gasteiger partial charge in [0.05, 0.1) is 6.04 Å². The second kappa shape index (κ2) is 7.85. The number of halogens is 3. The molecule has 0 fully saturated rings. The molecule has 0 saturated carbocycles. The van der Waals surface area contributed by atoms with E-state index in [0.717, 1.165) is 0 Å². The van der Waals surface area contributed by atoms with E-state index in [1.54, 1.807) is 0 Å². The zero-order valence-corrected chi connectivity index (χ0v) is 9.28. The number of nitrogens with one attached hydrogen (secondary N) is 1. The maximum absolute atomic E-state index is 10.6. The molecule has 0 unspecified atom stereocenters. The van der Waals surface area contributed by atoms with Crippen LogP contribution in [0.3, 0.4) is 0 Å². The van der Waals surface area contributed by atoms with Crippen LogP contribution in [-0.2, 0) is 9.59 Å². The van der Waals surface area contributed by atoms with Crippen LogP contribution in [0.5, 0.6) is 0 Å². The zero-order chi connectivity index (χ0) is 14.2. The maximum Gasteiger partial charge on any atom is 0.490 e. The van der Waals surface area contributed by atoms with Gasteiger partial charge in [-0.3, -0.25) is 10.0 Å². The molecule has 1 atom stereocenters. The summed E-state index contributed by atoms with van der Waals surface area (Å²) in [5, 5.41) is 15.3. The summed E-state index contributed by atoms with van der Waals surface area (Å²) in [6, 6.07) is -0.593. The Kier molecular flexibility index (Phi) is 8.32. The Morgan fingerprint density at radius 3 is 1.88 bits per heavy atom. The van der Waals surface area contributed by atoms with E-state index in [2.05, 4.69) is 0 Å². The number of hydroxylamine groups is 1. The van der Waals surface area contributed by atoms with Gasteiger partial charge in [0.15, 0.2) is 0 Å². The van der Waals surface area contributed by atoms with E-state index in [0.29, 0.717) is 12.3 Å². The summed E-state index contributed by atoms with van der Waals surface area (Å²) in [6.07, 6.45) is -4.49. The van der Waals surface area contributed by atoms with E-state index in [9.17, 15) is 18.0 Å². The van der Waals surface area contributed by atoms with Crippen molar-refractivity contribution in [1.82, 2.24) is 5.48 Å². The van der Waals surface area contributed by atoms with Gasteiger partial charge in [0.25, 0.3) is 5.91 Å². The molecular weight excluding hydrogens is 245 g/mol. The SMILES string of the molecule is CC(C)C[C@H](N)C(=O)NO.O=C(O)C(F)(F)F. The Morgan fingerprint density at radius 2 is 1.71 bits per heavy atom. The van der Waals surface area contributed by atoms with Crippen molar-refractivity contribution in [1.29, 1.82) is 0 Å². The topological polar surface area (TPSA) is 113 Å². The second-order valence-electron chi connectivity index (χ2n) is 3.52. The third-order valence-corrected chi connectivity index (χ3v) is 1.41. The average Bonchev–Trinajstić information content (AvgIpc) is 2.14. The molecule has 0 rings (SSSR count). The first-order valence-electron chi connectivity index (χ1n) is 4.52. The van der Waals surface area contributed by atoms with Gasteiger partial charge in [0.2, 0.25) is 0 Å². The number of carbonyl (C=O) groups is 2. The van der Waals surface area contributed by atoms with Crippen LogP contribution in [0.1, 0.15) is 20.3 Å². The molecule has 6 nitrogen and oxygen atoms in total. The van der Waals surface area contributed by atoms with E-state index >= 15 is 0 Å². The smallest absolute Gasteiger partial charge is 0.475 e. The molecule has 0 aliphatic heterocycles. The predicted molar refractivity (Wildman–Crippen MR) is 51.1 cm³/mol. The highest BCUT2D eigenvalue weighted by molar-refractivity contribution is 5.80. The summed E-state index contributed by atoms with van der Waals surface area (Å²) in [7, 11) is 0. The van der Waals surface area contributed by atoms with Crippen LogP contribution < -0.4 is 11.2 Å². The summed E-state index contributed by atoms with van der Waals surface area (Å²) < 4.78 is 31.7. The third kappa shape index (κ3) is 10.9. The standard InChI is InChI=1S/C6H14N2O2.C2HF3O2/c1-4(2)3-5(7)6(9)8-10;3-2(4,5)1(6)7/h4-5,10H,3,7H2,1-2H3,(H,8,9);(H,6,7)/t5-;/m0./s1. The molecule has 0 aromatic rings. The number of amides is 1. The molecule has 0 aliphatic carbocycles. The molecule has 0 radical (unpaired) electrons. The molecule has 0 aromatic heterocycles. The Bertz CT molecular complexity index is 256. The van der Waals surface area contributed by atoms with E-state index in [1.165, 1.54) is 5.48 Å². The minimum absolute atomic E-state index is 0.368. The molecule has 5 N–H and O–H groups in total. The summed E-state index contributed by atoms with van der Waals surface area (Å²) in [5.74, 6) is -2.91. The highest BCUT2D eigenvalue weighted by atomic mass is 19.4. The third-order valence-electron chi connectivity index (χ3n) is 1.41. The molecule has 9 heteroatoms. The van der Waals surface area contributed by atoms with Crippen molar-refractivity contribution in [3.8, 4) is 0 Å². The first-order valence-corrected chi connectivity index (χ1v) is 4.52. The largest absolute Gasteiger partial charge is 0.490 e. The number of carboxylic acid groups (broad SMARTS) is 1. The van der Waals surface area contributed by atoms with Crippen molar-refractivity contribution in [3.05, 3.63) is 0 Å². The van der Waals surface area contributed by atoms with Gasteiger partial charge in [-0.05, 0) is 12.3 Å².